The average molecular weight is 394 g/mol. The van der Waals surface area contributed by atoms with Crippen LogP contribution in [0.3, 0.4) is 0 Å². The third kappa shape index (κ3) is 3.91. The molecule has 8 nitrogen and oxygen atoms in total. The summed E-state index contributed by atoms with van der Waals surface area (Å²) in [4.78, 5) is 16.9. The van der Waals surface area contributed by atoms with E-state index in [0.29, 0.717) is 29.4 Å². The quantitative estimate of drug-likeness (QED) is 0.543. The van der Waals surface area contributed by atoms with Crippen LogP contribution >= 0.6 is 11.6 Å². The van der Waals surface area contributed by atoms with Crippen LogP contribution in [0.2, 0.25) is 5.02 Å². The lowest BCUT2D eigenvalue weighted by Crippen LogP contribution is -2.25. The van der Waals surface area contributed by atoms with Crippen molar-refractivity contribution in [2.45, 2.75) is 13.1 Å². The molecular weight excluding hydrogens is 378 g/mol. The van der Waals surface area contributed by atoms with Crippen LogP contribution < -0.4 is 5.32 Å². The average Bonchev–Trinajstić information content (AvgIpc) is 3.41. The highest BCUT2D eigenvalue weighted by atomic mass is 35.5. The predicted molar refractivity (Wildman–Crippen MR) is 103 cm³/mol. The molecule has 2 aromatic heterocycles. The SMILES string of the molecule is O=C(NCc1ccccc1Cn1ccnc1)c1cc(Cl)ccc1-n1cnnn1. The van der Waals surface area contributed by atoms with Crippen molar-refractivity contribution < 1.29 is 4.79 Å². The van der Waals surface area contributed by atoms with Gasteiger partial charge in [0.15, 0.2) is 0 Å². The first-order valence-electron chi connectivity index (χ1n) is 8.54. The fraction of sp³-hybridized carbons (Fsp3) is 0.105. The zero-order chi connectivity index (χ0) is 19.3. The second-order valence-corrected chi connectivity index (χ2v) is 6.54. The first kappa shape index (κ1) is 17.9. The van der Waals surface area contributed by atoms with Gasteiger partial charge in [0.25, 0.3) is 5.91 Å². The molecule has 9 heteroatoms. The van der Waals surface area contributed by atoms with Crippen LogP contribution in [0.25, 0.3) is 5.69 Å². The molecule has 0 radical (unpaired) electrons. The van der Waals surface area contributed by atoms with Crippen LogP contribution in [0, 0.1) is 0 Å². The number of nitrogens with zero attached hydrogens (tertiary/aromatic N) is 6. The number of amides is 1. The summed E-state index contributed by atoms with van der Waals surface area (Å²) in [6.45, 7) is 1.06. The molecule has 2 heterocycles. The van der Waals surface area contributed by atoms with Crippen molar-refractivity contribution in [1.82, 2.24) is 35.1 Å². The topological polar surface area (TPSA) is 90.5 Å². The number of benzene rings is 2. The Bertz CT molecular complexity index is 1080. The van der Waals surface area contributed by atoms with Crippen LogP contribution in [0.1, 0.15) is 21.5 Å². The molecule has 0 aliphatic heterocycles. The van der Waals surface area contributed by atoms with Gasteiger partial charge in [0.2, 0.25) is 0 Å². The second kappa shape index (κ2) is 8.01. The van der Waals surface area contributed by atoms with E-state index in [1.807, 2.05) is 35.0 Å². The third-order valence-electron chi connectivity index (χ3n) is 4.27. The lowest BCUT2D eigenvalue weighted by molar-refractivity contribution is 0.0950. The van der Waals surface area contributed by atoms with E-state index in [0.717, 1.165) is 11.1 Å². The zero-order valence-electron chi connectivity index (χ0n) is 14.7. The summed E-state index contributed by atoms with van der Waals surface area (Å²) in [6.07, 6.45) is 6.84. The lowest BCUT2D eigenvalue weighted by Gasteiger charge is -2.13. The summed E-state index contributed by atoms with van der Waals surface area (Å²) in [5, 5.41) is 14.5. The number of carbonyl (C=O) groups excluding carboxylic acids is 1. The van der Waals surface area contributed by atoms with Crippen molar-refractivity contribution in [3.63, 3.8) is 0 Å². The zero-order valence-corrected chi connectivity index (χ0v) is 15.5. The van der Waals surface area contributed by atoms with Gasteiger partial charge in [-0.2, -0.15) is 4.68 Å². The third-order valence-corrected chi connectivity index (χ3v) is 4.50. The number of rotatable bonds is 6. The Hall–Kier alpha value is -3.52. The van der Waals surface area contributed by atoms with Crippen LogP contribution in [0.15, 0.2) is 67.5 Å². The summed E-state index contributed by atoms with van der Waals surface area (Å²) < 4.78 is 3.41. The van der Waals surface area contributed by atoms with Gasteiger partial charge in [0, 0.05) is 30.5 Å². The Kier molecular flexibility index (Phi) is 5.11. The van der Waals surface area contributed by atoms with E-state index in [1.54, 1.807) is 30.7 Å². The molecule has 0 atom stereocenters. The fourth-order valence-corrected chi connectivity index (χ4v) is 3.07. The molecule has 28 heavy (non-hydrogen) atoms. The number of hydrogen-bond donors (Lipinski definition) is 1. The first-order valence-corrected chi connectivity index (χ1v) is 8.92. The number of carbonyl (C=O) groups is 1. The summed E-state index contributed by atoms with van der Waals surface area (Å²) in [5.41, 5.74) is 3.08. The maximum Gasteiger partial charge on any atom is 0.253 e. The summed E-state index contributed by atoms with van der Waals surface area (Å²) in [7, 11) is 0. The van der Waals surface area contributed by atoms with Gasteiger partial charge in [-0.25, -0.2) is 4.98 Å². The van der Waals surface area contributed by atoms with Crippen LogP contribution in [-0.2, 0) is 13.1 Å². The minimum Gasteiger partial charge on any atom is -0.348 e. The Labute approximate surface area is 165 Å². The number of tetrazole rings is 1. The van der Waals surface area contributed by atoms with E-state index < -0.39 is 0 Å². The number of hydrogen-bond acceptors (Lipinski definition) is 5. The molecule has 0 bridgehead atoms. The van der Waals surface area contributed by atoms with E-state index in [1.165, 1.54) is 11.0 Å². The molecule has 1 N–H and O–H groups in total. The van der Waals surface area contributed by atoms with E-state index >= 15 is 0 Å². The van der Waals surface area contributed by atoms with Gasteiger partial charge in [-0.3, -0.25) is 4.79 Å². The van der Waals surface area contributed by atoms with Crippen LogP contribution in [-0.4, -0.2) is 35.7 Å². The van der Waals surface area contributed by atoms with E-state index in [9.17, 15) is 4.79 Å². The van der Waals surface area contributed by atoms with Gasteiger partial charge in [-0.15, -0.1) is 5.10 Å². The molecule has 0 saturated heterocycles. The normalized spacial score (nSPS) is 10.8. The molecule has 0 saturated carbocycles. The molecule has 0 fully saturated rings. The van der Waals surface area contributed by atoms with Gasteiger partial charge in [0.1, 0.15) is 6.33 Å². The molecule has 1 amide bonds. The van der Waals surface area contributed by atoms with Crippen molar-refractivity contribution in [2.24, 2.45) is 0 Å². The number of imidazole rings is 1. The molecule has 0 unspecified atom stereocenters. The maximum absolute atomic E-state index is 12.8. The minimum atomic E-state index is -0.259. The highest BCUT2D eigenvalue weighted by Crippen LogP contribution is 2.19. The van der Waals surface area contributed by atoms with Gasteiger partial charge in [-0.05, 0) is 39.8 Å². The minimum absolute atomic E-state index is 0.259. The van der Waals surface area contributed by atoms with Gasteiger partial charge >= 0.3 is 0 Å². The Morgan fingerprint density at radius 2 is 1.96 bits per heavy atom. The molecule has 0 aliphatic carbocycles. The van der Waals surface area contributed by atoms with E-state index in [-0.39, 0.29) is 5.91 Å². The highest BCUT2D eigenvalue weighted by Gasteiger charge is 2.15. The van der Waals surface area contributed by atoms with E-state index in [2.05, 4.69) is 25.8 Å². The van der Waals surface area contributed by atoms with E-state index in [4.69, 9.17) is 11.6 Å². The molecule has 0 spiro atoms. The summed E-state index contributed by atoms with van der Waals surface area (Å²) >= 11 is 6.09. The number of nitrogens with one attached hydrogen (secondary N) is 1. The Morgan fingerprint density at radius 3 is 2.71 bits per heavy atom. The second-order valence-electron chi connectivity index (χ2n) is 6.10. The highest BCUT2D eigenvalue weighted by molar-refractivity contribution is 6.31. The smallest absolute Gasteiger partial charge is 0.253 e. The molecule has 0 aliphatic rings. The van der Waals surface area contributed by atoms with Gasteiger partial charge < -0.3 is 9.88 Å². The van der Waals surface area contributed by atoms with Crippen molar-refractivity contribution in [3.8, 4) is 5.69 Å². The molecule has 2 aromatic carbocycles. The molecular formula is C19H16ClN7O. The standard InChI is InChI=1S/C19H16ClN7O/c20-16-5-6-18(27-13-23-24-25-27)17(9-16)19(28)22-10-14-3-1-2-4-15(14)11-26-8-7-21-12-26/h1-9,12-13H,10-11H2,(H,22,28). The number of aromatic nitrogens is 6. The van der Waals surface area contributed by atoms with Crippen molar-refractivity contribution in [2.75, 3.05) is 0 Å². The summed E-state index contributed by atoms with van der Waals surface area (Å²) in [5.74, 6) is -0.259. The molecule has 4 aromatic rings. The lowest BCUT2D eigenvalue weighted by atomic mass is 10.1. The maximum atomic E-state index is 12.8. The van der Waals surface area contributed by atoms with Crippen LogP contribution in [0.5, 0.6) is 0 Å². The molecule has 140 valence electrons. The summed E-state index contributed by atoms with van der Waals surface area (Å²) in [6, 6.07) is 13.0. The number of halogens is 1. The monoisotopic (exact) mass is 393 g/mol. The van der Waals surface area contributed by atoms with Crippen molar-refractivity contribution >= 4 is 17.5 Å². The first-order chi connectivity index (χ1) is 13.7. The van der Waals surface area contributed by atoms with Gasteiger partial charge in [0.05, 0.1) is 17.6 Å². The predicted octanol–water partition coefficient (Wildman–Crippen LogP) is 2.49. The van der Waals surface area contributed by atoms with Crippen LogP contribution in [0.4, 0.5) is 0 Å². The Morgan fingerprint density at radius 1 is 1.11 bits per heavy atom. The fourth-order valence-electron chi connectivity index (χ4n) is 2.89. The Balaban J connectivity index is 1.54. The van der Waals surface area contributed by atoms with Crippen molar-refractivity contribution in [1.29, 1.82) is 0 Å². The van der Waals surface area contributed by atoms with Gasteiger partial charge in [-0.1, -0.05) is 35.9 Å². The molecule has 4 rings (SSSR count). The largest absolute Gasteiger partial charge is 0.348 e. The van der Waals surface area contributed by atoms with Crippen molar-refractivity contribution in [3.05, 3.63) is 89.2 Å².